The number of halogens is 3. The minimum atomic E-state index is -4.23. The van der Waals surface area contributed by atoms with E-state index in [1.807, 2.05) is 48.2 Å². The van der Waals surface area contributed by atoms with Crippen molar-refractivity contribution in [2.24, 2.45) is 11.8 Å². The van der Waals surface area contributed by atoms with Crippen molar-refractivity contribution >= 4 is 11.6 Å². The minimum absolute atomic E-state index is 0.0427. The second-order valence-electron chi connectivity index (χ2n) is 8.73. The average molecular weight is 423 g/mol. The Morgan fingerprint density at radius 3 is 2.50 bits per heavy atom. The van der Waals surface area contributed by atoms with Gasteiger partial charge in [-0.05, 0) is 64.5 Å². The van der Waals surface area contributed by atoms with E-state index < -0.39 is 18.0 Å². The number of allylic oxidation sites excluding steroid dienone is 1. The molecule has 2 fully saturated rings. The Hall–Kier alpha value is -1.82. The van der Waals surface area contributed by atoms with E-state index >= 15 is 0 Å². The molecule has 0 saturated heterocycles. The first-order valence-corrected chi connectivity index (χ1v) is 11.1. The van der Waals surface area contributed by atoms with Gasteiger partial charge in [0.05, 0.1) is 12.0 Å². The maximum absolute atomic E-state index is 13.6. The predicted octanol–water partition coefficient (Wildman–Crippen LogP) is 5.86. The zero-order valence-electron chi connectivity index (χ0n) is 17.9. The first-order valence-electron chi connectivity index (χ1n) is 11.1. The van der Waals surface area contributed by atoms with Gasteiger partial charge < -0.3 is 10.2 Å². The molecule has 1 aromatic rings. The smallest absolute Gasteiger partial charge is 0.308 e. The third kappa shape index (κ3) is 5.45. The largest absolute Gasteiger partial charge is 0.391 e. The number of hydrogen-bond acceptors (Lipinski definition) is 2. The van der Waals surface area contributed by atoms with Crippen molar-refractivity contribution in [1.29, 1.82) is 0 Å². The van der Waals surface area contributed by atoms with E-state index in [0.717, 1.165) is 24.9 Å². The molecule has 5 unspecified atom stereocenters. The lowest BCUT2D eigenvalue weighted by atomic mass is 9.80. The number of amides is 1. The molecule has 3 rings (SSSR count). The topological polar surface area (TPSA) is 32.3 Å². The second kappa shape index (κ2) is 9.99. The van der Waals surface area contributed by atoms with Crippen molar-refractivity contribution in [2.75, 3.05) is 4.90 Å². The molecule has 2 saturated carbocycles. The molecular weight excluding hydrogens is 389 g/mol. The molecule has 0 bridgehead atoms. The van der Waals surface area contributed by atoms with Crippen LogP contribution in [0.4, 0.5) is 18.9 Å². The number of para-hydroxylation sites is 1. The third-order valence-corrected chi connectivity index (χ3v) is 6.53. The van der Waals surface area contributed by atoms with Gasteiger partial charge in [-0.15, -0.1) is 0 Å². The molecule has 6 heteroatoms. The van der Waals surface area contributed by atoms with Crippen LogP contribution >= 0.6 is 0 Å². The molecule has 2 aliphatic rings. The van der Waals surface area contributed by atoms with Crippen LogP contribution in [0.15, 0.2) is 42.5 Å². The summed E-state index contributed by atoms with van der Waals surface area (Å²) in [7, 11) is 0. The van der Waals surface area contributed by atoms with Crippen LogP contribution in [0.1, 0.15) is 58.8 Å². The van der Waals surface area contributed by atoms with Crippen LogP contribution in [-0.2, 0) is 4.79 Å². The maximum atomic E-state index is 13.6. The first-order chi connectivity index (χ1) is 14.3. The second-order valence-corrected chi connectivity index (χ2v) is 8.73. The Balaban J connectivity index is 1.85. The number of carbonyl (C=O) groups excluding carboxylic acids is 1. The molecule has 1 N–H and O–H groups in total. The Morgan fingerprint density at radius 2 is 1.83 bits per heavy atom. The molecule has 166 valence electrons. The van der Waals surface area contributed by atoms with Crippen molar-refractivity contribution < 1.29 is 18.0 Å². The van der Waals surface area contributed by atoms with Crippen molar-refractivity contribution in [2.45, 2.75) is 83.1 Å². The molecule has 30 heavy (non-hydrogen) atoms. The van der Waals surface area contributed by atoms with Gasteiger partial charge in [-0.25, -0.2) is 0 Å². The zero-order valence-corrected chi connectivity index (χ0v) is 17.9. The standard InChI is InChI=1S/C24H33F3N2O/c1-3-9-17(2)28-21-14-8-15-22(21)29(20-12-5-4-6-13-20)23(30)18-10-7-11-19(16-18)24(25,26)27/h3-6,9,12-13,17-19,21-22,28H,7-8,10-11,14-16H2,1-2H3. The first kappa shape index (κ1) is 22.9. The van der Waals surface area contributed by atoms with Gasteiger partial charge in [0.1, 0.15) is 0 Å². The fourth-order valence-corrected chi connectivity index (χ4v) is 5.10. The van der Waals surface area contributed by atoms with E-state index in [4.69, 9.17) is 0 Å². The van der Waals surface area contributed by atoms with E-state index in [1.54, 1.807) is 0 Å². The van der Waals surface area contributed by atoms with Crippen molar-refractivity contribution in [1.82, 2.24) is 5.32 Å². The van der Waals surface area contributed by atoms with Crippen LogP contribution < -0.4 is 10.2 Å². The molecular formula is C24H33F3N2O. The highest BCUT2D eigenvalue weighted by molar-refractivity contribution is 5.96. The summed E-state index contributed by atoms with van der Waals surface area (Å²) in [6.07, 6.45) is 3.70. The van der Waals surface area contributed by atoms with Gasteiger partial charge >= 0.3 is 6.18 Å². The Morgan fingerprint density at radius 1 is 1.13 bits per heavy atom. The highest BCUT2D eigenvalue weighted by Gasteiger charge is 2.46. The molecule has 0 heterocycles. The zero-order chi connectivity index (χ0) is 21.7. The van der Waals surface area contributed by atoms with Crippen LogP contribution in [-0.4, -0.2) is 30.2 Å². The summed E-state index contributed by atoms with van der Waals surface area (Å²) in [6.45, 7) is 4.06. The molecule has 1 aromatic carbocycles. The number of carbonyl (C=O) groups is 1. The number of alkyl halides is 3. The van der Waals surface area contributed by atoms with Crippen molar-refractivity contribution in [3.8, 4) is 0 Å². The highest BCUT2D eigenvalue weighted by Crippen LogP contribution is 2.41. The van der Waals surface area contributed by atoms with Crippen LogP contribution in [0.25, 0.3) is 0 Å². The molecule has 0 radical (unpaired) electrons. The van der Waals surface area contributed by atoms with Crippen LogP contribution in [0.5, 0.6) is 0 Å². The van der Waals surface area contributed by atoms with E-state index in [1.165, 1.54) is 0 Å². The Bertz CT molecular complexity index is 719. The Labute approximate surface area is 177 Å². The lowest BCUT2D eigenvalue weighted by Gasteiger charge is -2.39. The number of rotatable bonds is 6. The summed E-state index contributed by atoms with van der Waals surface area (Å²) >= 11 is 0. The number of nitrogens with one attached hydrogen (secondary N) is 1. The number of benzene rings is 1. The summed E-state index contributed by atoms with van der Waals surface area (Å²) in [5.74, 6) is -2.09. The predicted molar refractivity (Wildman–Crippen MR) is 114 cm³/mol. The summed E-state index contributed by atoms with van der Waals surface area (Å²) in [4.78, 5) is 15.4. The number of anilines is 1. The average Bonchev–Trinajstić information content (AvgIpc) is 3.16. The third-order valence-electron chi connectivity index (χ3n) is 6.53. The van der Waals surface area contributed by atoms with Crippen LogP contribution in [0, 0.1) is 11.8 Å². The van der Waals surface area contributed by atoms with Gasteiger partial charge in [0.2, 0.25) is 5.91 Å². The summed E-state index contributed by atoms with van der Waals surface area (Å²) in [5.41, 5.74) is 0.786. The van der Waals surface area contributed by atoms with Crippen molar-refractivity contribution in [3.05, 3.63) is 42.5 Å². The van der Waals surface area contributed by atoms with Gasteiger partial charge in [0.25, 0.3) is 0 Å². The molecule has 5 atom stereocenters. The fraction of sp³-hybridized carbons (Fsp3) is 0.625. The summed E-state index contributed by atoms with van der Waals surface area (Å²) < 4.78 is 40.0. The normalized spacial score (nSPS) is 28.6. The van der Waals surface area contributed by atoms with Crippen LogP contribution in [0.2, 0.25) is 0 Å². The molecule has 0 spiro atoms. The Kier molecular flexibility index (Phi) is 7.61. The molecule has 0 aliphatic heterocycles. The molecule has 2 aliphatic carbocycles. The fourth-order valence-electron chi connectivity index (χ4n) is 5.10. The van der Waals surface area contributed by atoms with Crippen LogP contribution in [0.3, 0.4) is 0 Å². The summed E-state index contributed by atoms with van der Waals surface area (Å²) in [5, 5.41) is 3.61. The van der Waals surface area contributed by atoms with Gasteiger partial charge in [-0.3, -0.25) is 4.79 Å². The van der Waals surface area contributed by atoms with E-state index in [2.05, 4.69) is 18.3 Å². The number of nitrogens with zero attached hydrogens (tertiary/aromatic N) is 1. The van der Waals surface area contributed by atoms with E-state index in [-0.39, 0.29) is 36.9 Å². The molecule has 1 amide bonds. The summed E-state index contributed by atoms with van der Waals surface area (Å²) in [6, 6.07) is 9.72. The minimum Gasteiger partial charge on any atom is -0.308 e. The van der Waals surface area contributed by atoms with Gasteiger partial charge in [-0.2, -0.15) is 13.2 Å². The van der Waals surface area contributed by atoms with Gasteiger partial charge in [-0.1, -0.05) is 36.8 Å². The van der Waals surface area contributed by atoms with Gasteiger partial charge in [0, 0.05) is 23.7 Å². The number of hydrogen-bond donors (Lipinski definition) is 1. The van der Waals surface area contributed by atoms with E-state index in [0.29, 0.717) is 12.8 Å². The van der Waals surface area contributed by atoms with E-state index in [9.17, 15) is 18.0 Å². The van der Waals surface area contributed by atoms with Crippen molar-refractivity contribution in [3.63, 3.8) is 0 Å². The quantitative estimate of drug-likeness (QED) is 0.582. The lowest BCUT2D eigenvalue weighted by Crippen LogP contribution is -2.53. The lowest BCUT2D eigenvalue weighted by molar-refractivity contribution is -0.186. The van der Waals surface area contributed by atoms with Gasteiger partial charge in [0.15, 0.2) is 0 Å². The maximum Gasteiger partial charge on any atom is 0.391 e. The highest BCUT2D eigenvalue weighted by atomic mass is 19.4. The molecule has 3 nitrogen and oxygen atoms in total. The SMILES string of the molecule is CC=CC(C)NC1CCCC1N(C(=O)C1CCCC(C(F)(F)F)C1)c1ccccc1. The molecule has 0 aromatic heterocycles. The monoisotopic (exact) mass is 422 g/mol.